The number of aromatic nitrogens is 4. The number of rotatable bonds is 5. The molecular weight excluding hydrogens is 482 g/mol. The second-order valence-electron chi connectivity index (χ2n) is 8.75. The van der Waals surface area contributed by atoms with Gasteiger partial charge in [0.25, 0.3) is 0 Å². The number of carbonyl (C=O) groups excluding carboxylic acids is 1. The molecule has 0 unspecified atom stereocenters. The molecule has 0 aliphatic carbocycles. The third-order valence-corrected chi connectivity index (χ3v) is 7.89. The van der Waals surface area contributed by atoms with E-state index in [1.54, 1.807) is 35.2 Å². The second kappa shape index (κ2) is 9.79. The number of hydrogen-bond acceptors (Lipinski definition) is 6. The summed E-state index contributed by atoms with van der Waals surface area (Å²) >= 11 is 7.94. The Morgan fingerprint density at radius 2 is 1.94 bits per heavy atom. The summed E-state index contributed by atoms with van der Waals surface area (Å²) in [4.78, 5) is 19.6. The Labute approximate surface area is 213 Å². The molecule has 0 bridgehead atoms. The van der Waals surface area contributed by atoms with Crippen LogP contribution in [0.1, 0.15) is 40.8 Å². The van der Waals surface area contributed by atoms with Crippen LogP contribution in [0, 0.1) is 13.8 Å². The zero-order chi connectivity index (χ0) is 24.5. The summed E-state index contributed by atoms with van der Waals surface area (Å²) in [7, 11) is 1.79. The average Bonchev–Trinajstić information content (AvgIpc) is 3.56. The van der Waals surface area contributed by atoms with Gasteiger partial charge >= 0.3 is 0 Å². The number of piperidine rings is 1. The molecule has 1 fully saturated rings. The molecule has 9 heteroatoms. The first-order valence-corrected chi connectivity index (χ1v) is 12.8. The minimum atomic E-state index is -0.00445. The van der Waals surface area contributed by atoms with Crippen molar-refractivity contribution in [1.29, 1.82) is 0 Å². The molecule has 0 N–H and O–H groups in total. The van der Waals surface area contributed by atoms with Gasteiger partial charge in [0.15, 0.2) is 0 Å². The van der Waals surface area contributed by atoms with E-state index < -0.39 is 0 Å². The second-order valence-corrected chi connectivity index (χ2v) is 9.99. The van der Waals surface area contributed by atoms with Gasteiger partial charge in [-0.15, -0.1) is 11.3 Å². The Kier molecular flexibility index (Phi) is 6.58. The van der Waals surface area contributed by atoms with E-state index in [0.717, 1.165) is 57.4 Å². The monoisotopic (exact) mass is 507 g/mol. The normalized spacial score (nSPS) is 14.8. The molecular formula is C26H26ClN5O2S. The molecule has 1 amide bonds. The maximum absolute atomic E-state index is 12.8. The van der Waals surface area contributed by atoms with E-state index in [4.69, 9.17) is 21.1 Å². The van der Waals surface area contributed by atoms with Gasteiger partial charge in [-0.3, -0.25) is 9.48 Å². The predicted molar refractivity (Wildman–Crippen MR) is 138 cm³/mol. The van der Waals surface area contributed by atoms with Gasteiger partial charge in [-0.25, -0.2) is 4.98 Å². The number of thiazole rings is 1. The molecule has 5 rings (SSSR count). The van der Waals surface area contributed by atoms with Gasteiger partial charge in [0.1, 0.15) is 16.6 Å². The van der Waals surface area contributed by atoms with Crippen LogP contribution in [-0.4, -0.2) is 43.8 Å². The highest BCUT2D eigenvalue weighted by atomic mass is 35.5. The standard InChI is InChI=1S/C26H26ClN5O2S/c1-16-20(25(27)31(3)29-16)9-10-22(33)32-13-11-19(12-14-32)26-28-21(15-35-26)23-17(2)34-30-24(23)18-7-5-4-6-8-18/h4-10,15,19H,11-14H2,1-3H3/b10-9+. The van der Waals surface area contributed by atoms with E-state index in [9.17, 15) is 4.79 Å². The molecule has 0 spiro atoms. The third kappa shape index (κ3) is 4.68. The van der Waals surface area contributed by atoms with Crippen LogP contribution in [0.2, 0.25) is 5.15 Å². The van der Waals surface area contributed by atoms with Crippen molar-refractivity contribution in [2.75, 3.05) is 13.1 Å². The number of hydrogen-bond donors (Lipinski definition) is 0. The number of carbonyl (C=O) groups is 1. The van der Waals surface area contributed by atoms with Gasteiger partial charge in [-0.2, -0.15) is 5.10 Å². The van der Waals surface area contributed by atoms with Gasteiger partial charge in [0.05, 0.1) is 22.0 Å². The van der Waals surface area contributed by atoms with Crippen LogP contribution >= 0.6 is 22.9 Å². The number of likely N-dealkylation sites (tertiary alicyclic amines) is 1. The van der Waals surface area contributed by atoms with Gasteiger partial charge in [0, 0.05) is 48.6 Å². The number of amides is 1. The van der Waals surface area contributed by atoms with E-state index in [1.807, 2.05) is 49.1 Å². The maximum atomic E-state index is 12.8. The van der Waals surface area contributed by atoms with Crippen molar-refractivity contribution in [2.45, 2.75) is 32.6 Å². The van der Waals surface area contributed by atoms with Crippen molar-refractivity contribution in [3.63, 3.8) is 0 Å². The molecule has 4 heterocycles. The maximum Gasteiger partial charge on any atom is 0.246 e. The van der Waals surface area contributed by atoms with Crippen molar-refractivity contribution in [3.05, 3.63) is 69.0 Å². The van der Waals surface area contributed by atoms with Gasteiger partial charge < -0.3 is 9.42 Å². The quantitative estimate of drug-likeness (QED) is 0.315. The van der Waals surface area contributed by atoms with Crippen LogP contribution in [0.4, 0.5) is 0 Å². The highest BCUT2D eigenvalue weighted by Crippen LogP contribution is 2.38. The highest BCUT2D eigenvalue weighted by molar-refractivity contribution is 7.10. The van der Waals surface area contributed by atoms with Crippen molar-refractivity contribution in [1.82, 2.24) is 24.8 Å². The Morgan fingerprint density at radius 1 is 1.20 bits per heavy atom. The minimum absolute atomic E-state index is 0.00445. The minimum Gasteiger partial charge on any atom is -0.360 e. The molecule has 0 atom stereocenters. The molecule has 1 aromatic carbocycles. The zero-order valence-corrected chi connectivity index (χ0v) is 21.4. The lowest BCUT2D eigenvalue weighted by Gasteiger charge is -2.30. The molecule has 7 nitrogen and oxygen atoms in total. The third-order valence-electron chi connectivity index (χ3n) is 6.43. The molecule has 180 valence electrons. The fourth-order valence-electron chi connectivity index (χ4n) is 4.50. The summed E-state index contributed by atoms with van der Waals surface area (Å²) in [5.41, 5.74) is 5.26. The van der Waals surface area contributed by atoms with Crippen LogP contribution in [-0.2, 0) is 11.8 Å². The molecule has 1 aliphatic heterocycles. The van der Waals surface area contributed by atoms with Gasteiger partial charge in [-0.05, 0) is 32.8 Å². The highest BCUT2D eigenvalue weighted by Gasteiger charge is 2.26. The first-order chi connectivity index (χ1) is 16.9. The lowest BCUT2D eigenvalue weighted by molar-refractivity contribution is -0.126. The first-order valence-electron chi connectivity index (χ1n) is 11.6. The summed E-state index contributed by atoms with van der Waals surface area (Å²) in [6.07, 6.45) is 5.12. The first kappa shape index (κ1) is 23.5. The van der Waals surface area contributed by atoms with E-state index in [-0.39, 0.29) is 5.91 Å². The molecule has 1 aliphatic rings. The topological polar surface area (TPSA) is 77.1 Å². The van der Waals surface area contributed by atoms with Crippen molar-refractivity contribution < 1.29 is 9.32 Å². The van der Waals surface area contributed by atoms with Gasteiger partial charge in [-0.1, -0.05) is 47.1 Å². The Bertz CT molecular complexity index is 1380. The molecule has 35 heavy (non-hydrogen) atoms. The van der Waals surface area contributed by atoms with Crippen LogP contribution in [0.3, 0.4) is 0 Å². The summed E-state index contributed by atoms with van der Waals surface area (Å²) in [6.45, 7) is 5.20. The SMILES string of the molecule is Cc1nn(C)c(Cl)c1/C=C/C(=O)N1CCC(c2nc(-c3c(-c4ccccc4)noc3C)cs2)CC1. The van der Waals surface area contributed by atoms with E-state index >= 15 is 0 Å². The van der Waals surface area contributed by atoms with E-state index in [0.29, 0.717) is 24.2 Å². The number of benzene rings is 1. The van der Waals surface area contributed by atoms with Crippen LogP contribution < -0.4 is 0 Å². The fourth-order valence-corrected chi connectivity index (χ4v) is 5.72. The lowest BCUT2D eigenvalue weighted by Crippen LogP contribution is -2.36. The van der Waals surface area contributed by atoms with Crippen molar-refractivity contribution in [3.8, 4) is 22.5 Å². The van der Waals surface area contributed by atoms with E-state index in [1.165, 1.54) is 0 Å². The van der Waals surface area contributed by atoms with Crippen molar-refractivity contribution >= 4 is 34.9 Å². The number of halogens is 1. The Hall–Kier alpha value is -3.23. The number of nitrogens with zero attached hydrogens (tertiary/aromatic N) is 5. The Morgan fingerprint density at radius 3 is 2.63 bits per heavy atom. The van der Waals surface area contributed by atoms with E-state index in [2.05, 4.69) is 15.6 Å². The van der Waals surface area contributed by atoms with Crippen LogP contribution in [0.5, 0.6) is 0 Å². The molecule has 1 saturated heterocycles. The summed E-state index contributed by atoms with van der Waals surface area (Å²) in [5.74, 6) is 1.09. The van der Waals surface area contributed by atoms with Crippen molar-refractivity contribution in [2.24, 2.45) is 7.05 Å². The smallest absolute Gasteiger partial charge is 0.246 e. The largest absolute Gasteiger partial charge is 0.360 e. The lowest BCUT2D eigenvalue weighted by atomic mass is 9.97. The molecule has 0 saturated carbocycles. The molecule has 3 aromatic heterocycles. The van der Waals surface area contributed by atoms with Crippen LogP contribution in [0.25, 0.3) is 28.6 Å². The van der Waals surface area contributed by atoms with Crippen LogP contribution in [0.15, 0.2) is 46.3 Å². The fraction of sp³-hybridized carbons (Fsp3) is 0.308. The summed E-state index contributed by atoms with van der Waals surface area (Å²) in [5, 5.41) is 12.3. The summed E-state index contributed by atoms with van der Waals surface area (Å²) < 4.78 is 7.13. The molecule has 0 radical (unpaired) electrons. The zero-order valence-electron chi connectivity index (χ0n) is 19.9. The average molecular weight is 508 g/mol. The van der Waals surface area contributed by atoms with Gasteiger partial charge in [0.2, 0.25) is 5.91 Å². The summed E-state index contributed by atoms with van der Waals surface area (Å²) in [6, 6.07) is 10.0. The predicted octanol–water partition coefficient (Wildman–Crippen LogP) is 5.89. The molecule has 4 aromatic rings. The Balaban J connectivity index is 1.26. The number of aryl methyl sites for hydroxylation is 3.